The monoisotopic (exact) mass is 203 g/mol. The molecule has 0 aromatic carbocycles. The number of thiol groups is 1. The number of thiocarbonyl (C=S) groups is 3. The molecule has 0 unspecified atom stereocenters. The summed E-state index contributed by atoms with van der Waals surface area (Å²) in [6.45, 7) is 3.69. The maximum absolute atomic E-state index is 4.92. The van der Waals surface area contributed by atoms with Gasteiger partial charge in [-0.2, -0.15) is 0 Å². The second-order valence-electron chi connectivity index (χ2n) is 1.81. The van der Waals surface area contributed by atoms with Crippen molar-refractivity contribution >= 4 is 68.3 Å². The highest BCUT2D eigenvalue weighted by molar-refractivity contribution is 7.99. The molecule has 0 nitrogen and oxygen atoms in total. The highest BCUT2D eigenvalue weighted by Gasteiger charge is 2.34. The molecule has 0 aromatic rings. The van der Waals surface area contributed by atoms with E-state index in [0.717, 1.165) is 0 Å². The van der Waals surface area contributed by atoms with Crippen LogP contribution in [-0.4, -0.2) is 19.5 Å². The van der Waals surface area contributed by atoms with Gasteiger partial charge in [-0.05, 0) is 0 Å². The van der Waals surface area contributed by atoms with Crippen molar-refractivity contribution in [3.8, 4) is 0 Å². The van der Waals surface area contributed by atoms with Crippen LogP contribution in [0.2, 0.25) is 0 Å². The van der Waals surface area contributed by atoms with Crippen molar-refractivity contribution in [2.45, 2.75) is 0 Å². The lowest BCUT2D eigenvalue weighted by Crippen LogP contribution is -2.09. The molecule has 0 N–H and O–H groups in total. The lowest BCUT2D eigenvalue weighted by atomic mass is 10.3. The Morgan fingerprint density at radius 2 is 1.50 bits per heavy atom. The van der Waals surface area contributed by atoms with Crippen LogP contribution in [0.15, 0.2) is 12.2 Å². The summed E-state index contributed by atoms with van der Waals surface area (Å²) in [7, 11) is 0. The van der Waals surface area contributed by atoms with Crippen LogP contribution in [0, 0.1) is 0 Å². The predicted molar refractivity (Wildman–Crippen MR) is 60.7 cm³/mol. The fraction of sp³-hybridized carbons (Fsp3) is 0. The van der Waals surface area contributed by atoms with Gasteiger partial charge < -0.3 is 0 Å². The van der Waals surface area contributed by atoms with Crippen molar-refractivity contribution in [3.05, 3.63) is 12.2 Å². The average Bonchev–Trinajstić information content (AvgIpc) is 2.07. The van der Waals surface area contributed by atoms with Gasteiger partial charge in [-0.1, -0.05) is 43.2 Å². The van der Waals surface area contributed by atoms with Gasteiger partial charge in [0.25, 0.3) is 0 Å². The Kier molecular flexibility index (Phi) is 2.15. The van der Waals surface area contributed by atoms with Crippen molar-refractivity contribution in [2.75, 3.05) is 0 Å². The molecule has 0 saturated heterocycles. The molecule has 1 aliphatic rings. The van der Waals surface area contributed by atoms with Crippen LogP contribution in [0.5, 0.6) is 0 Å². The first-order valence-electron chi connectivity index (χ1n) is 2.44. The highest BCUT2D eigenvalue weighted by atomic mass is 32.1. The van der Waals surface area contributed by atoms with E-state index in [9.17, 15) is 0 Å². The molecule has 0 heterocycles. The molecule has 0 bridgehead atoms. The SMILES string of the molecule is C=C1C(=S)C(=S)C(=S)C1=[SH+]. The van der Waals surface area contributed by atoms with Crippen molar-refractivity contribution in [3.63, 3.8) is 0 Å². The summed E-state index contributed by atoms with van der Waals surface area (Å²) >= 11 is 18.8. The molecule has 0 aliphatic heterocycles. The summed E-state index contributed by atoms with van der Waals surface area (Å²) in [6.07, 6.45) is 0. The second-order valence-corrected chi connectivity index (χ2v) is 3.49. The fourth-order valence-electron chi connectivity index (χ4n) is 0.592. The number of hydrogen-bond donors (Lipinski definition) is 0. The number of allylic oxidation sites excluding steroid dienone is 1. The van der Waals surface area contributed by atoms with Crippen molar-refractivity contribution in [2.24, 2.45) is 0 Å². The number of hydrogen-bond acceptors (Lipinski definition) is 3. The molecule has 50 valence electrons. The molecule has 4 heteroatoms. The summed E-state index contributed by atoms with van der Waals surface area (Å²) in [5, 5.41) is 0. The molecular formula is C6H3S4+. The first kappa shape index (κ1) is 8.20. The largest absolute Gasteiger partial charge is 0.249 e. The number of rotatable bonds is 0. The Morgan fingerprint density at radius 3 is 1.60 bits per heavy atom. The topological polar surface area (TPSA) is 0 Å². The molecular weight excluding hydrogens is 200 g/mol. The molecule has 0 amide bonds. The van der Waals surface area contributed by atoms with Gasteiger partial charge in [0.15, 0.2) is 12.2 Å². The van der Waals surface area contributed by atoms with E-state index >= 15 is 0 Å². The van der Waals surface area contributed by atoms with Crippen LogP contribution in [0.4, 0.5) is 0 Å². The van der Waals surface area contributed by atoms with E-state index in [1.165, 1.54) is 0 Å². The molecule has 0 aromatic heterocycles. The second kappa shape index (κ2) is 2.62. The smallest absolute Gasteiger partial charge is 0.0845 e. The van der Waals surface area contributed by atoms with Gasteiger partial charge in [0.1, 0.15) is 4.86 Å². The van der Waals surface area contributed by atoms with Gasteiger partial charge in [-0.3, -0.25) is 0 Å². The lowest BCUT2D eigenvalue weighted by molar-refractivity contribution is 2.27. The minimum Gasteiger partial charge on any atom is -0.0845 e. The Labute approximate surface area is 80.3 Å². The standard InChI is InChI=1S/C6H2S4/c1-2-3(7)5(9)6(10)4(2)8/h1H2/p+1. The zero-order valence-corrected chi connectivity index (χ0v) is 8.22. The third-order valence-corrected chi connectivity index (χ3v) is 3.36. The van der Waals surface area contributed by atoms with Crippen LogP contribution < -0.4 is 0 Å². The third kappa shape index (κ3) is 1.01. The van der Waals surface area contributed by atoms with Crippen molar-refractivity contribution in [1.82, 2.24) is 0 Å². The minimum atomic E-state index is 0.542. The zero-order valence-electron chi connectivity index (χ0n) is 4.88. The lowest BCUT2D eigenvalue weighted by Gasteiger charge is -1.83. The van der Waals surface area contributed by atoms with Gasteiger partial charge in [-0.25, -0.2) is 0 Å². The maximum atomic E-state index is 4.92. The maximum Gasteiger partial charge on any atom is 0.249 e. The zero-order chi connectivity index (χ0) is 7.89. The van der Waals surface area contributed by atoms with Crippen LogP contribution in [0.25, 0.3) is 0 Å². The summed E-state index contributed by atoms with van der Waals surface area (Å²) in [5.74, 6) is 0. The van der Waals surface area contributed by atoms with E-state index in [1.54, 1.807) is 0 Å². The summed E-state index contributed by atoms with van der Waals surface area (Å²) in [6, 6.07) is 0. The van der Waals surface area contributed by atoms with E-state index in [4.69, 9.17) is 36.7 Å². The van der Waals surface area contributed by atoms with E-state index in [1.807, 2.05) is 0 Å². The van der Waals surface area contributed by atoms with Crippen molar-refractivity contribution < 1.29 is 0 Å². The van der Waals surface area contributed by atoms with Crippen LogP contribution >= 0.6 is 36.7 Å². The van der Waals surface area contributed by atoms with E-state index in [2.05, 4.69) is 18.8 Å². The molecule has 0 atom stereocenters. The first-order chi connectivity index (χ1) is 4.55. The molecule has 1 rings (SSSR count). The van der Waals surface area contributed by atoms with Gasteiger partial charge in [0.2, 0.25) is 4.86 Å². The summed E-state index contributed by atoms with van der Waals surface area (Å²) < 4.78 is 0. The van der Waals surface area contributed by atoms with E-state index in [0.29, 0.717) is 25.0 Å². The Hall–Kier alpha value is 0.1000. The highest BCUT2D eigenvalue weighted by Crippen LogP contribution is 2.13. The summed E-state index contributed by atoms with van der Waals surface area (Å²) in [5.41, 5.74) is 0.688. The quantitative estimate of drug-likeness (QED) is 0.251. The van der Waals surface area contributed by atoms with Crippen LogP contribution in [0.1, 0.15) is 0 Å². The molecule has 1 saturated carbocycles. The van der Waals surface area contributed by atoms with Gasteiger partial charge in [-0.15, -0.1) is 0 Å². The van der Waals surface area contributed by atoms with Gasteiger partial charge in [0.05, 0.1) is 15.3 Å². The summed E-state index contributed by atoms with van der Waals surface area (Å²) in [4.78, 5) is 2.34. The molecule has 10 heavy (non-hydrogen) atoms. The first-order valence-corrected chi connectivity index (χ1v) is 4.11. The fourth-order valence-corrected chi connectivity index (χ4v) is 1.69. The third-order valence-electron chi connectivity index (χ3n) is 1.19. The van der Waals surface area contributed by atoms with Gasteiger partial charge >= 0.3 is 0 Å². The van der Waals surface area contributed by atoms with Crippen molar-refractivity contribution in [1.29, 1.82) is 0 Å². The Bertz CT molecular complexity index is 194. The Balaban J connectivity index is 3.25. The molecule has 1 aliphatic carbocycles. The molecule has 1 fully saturated rings. The van der Waals surface area contributed by atoms with Gasteiger partial charge in [0, 0.05) is 0 Å². The molecule has 0 radical (unpaired) electrons. The normalized spacial score (nSPS) is 19.0. The molecule has 0 spiro atoms. The minimum absolute atomic E-state index is 0.542. The predicted octanol–water partition coefficient (Wildman–Crippen LogP) is 1.12. The van der Waals surface area contributed by atoms with E-state index in [-0.39, 0.29) is 0 Å². The average molecular weight is 203 g/mol. The van der Waals surface area contributed by atoms with Crippen LogP contribution in [-0.2, 0) is 12.2 Å². The Morgan fingerprint density at radius 1 is 1.00 bits per heavy atom. The van der Waals surface area contributed by atoms with E-state index < -0.39 is 0 Å². The van der Waals surface area contributed by atoms with Crippen LogP contribution in [0.3, 0.4) is 0 Å².